The Kier molecular flexibility index (Phi) is 7.31. The zero-order chi connectivity index (χ0) is 27.9. The second-order valence-electron chi connectivity index (χ2n) is 10.5. The number of aryl methyl sites for hydroxylation is 1. The fraction of sp³-hybridized carbons (Fsp3) is 0.290. The summed E-state index contributed by atoms with van der Waals surface area (Å²) >= 11 is 6.40. The summed E-state index contributed by atoms with van der Waals surface area (Å²) in [5, 5.41) is 22.5. The molecule has 1 aliphatic heterocycles. The second kappa shape index (κ2) is 10.2. The molecule has 1 saturated heterocycles. The summed E-state index contributed by atoms with van der Waals surface area (Å²) in [6.07, 6.45) is 0. The first-order valence-corrected chi connectivity index (χ1v) is 12.9. The second-order valence-corrected chi connectivity index (χ2v) is 10.9. The summed E-state index contributed by atoms with van der Waals surface area (Å²) in [5.41, 5.74) is 3.55. The highest BCUT2D eigenvalue weighted by Gasteiger charge is 2.47. The molecule has 198 valence electrons. The minimum absolute atomic E-state index is 0.0447. The number of aliphatic hydroxyl groups is 1. The van der Waals surface area contributed by atoms with Crippen LogP contribution < -0.4 is 9.64 Å². The third kappa shape index (κ3) is 4.76. The lowest BCUT2D eigenvalue weighted by molar-refractivity contribution is -0.132. The molecule has 1 amide bonds. The lowest BCUT2D eigenvalue weighted by atomic mass is 9.84. The minimum Gasteiger partial charge on any atom is -0.507 e. The predicted molar refractivity (Wildman–Crippen MR) is 150 cm³/mol. The van der Waals surface area contributed by atoms with Gasteiger partial charge < -0.3 is 14.9 Å². The number of phenols is 1. The van der Waals surface area contributed by atoms with Gasteiger partial charge in [-0.2, -0.15) is 0 Å². The number of Topliss-reactive ketones (excluding diaryl/α,β-unsaturated/α-hetero) is 1. The van der Waals surface area contributed by atoms with Crippen molar-refractivity contribution < 1.29 is 24.5 Å². The number of carbonyl (C=O) groups excluding carboxylic acids is 2. The van der Waals surface area contributed by atoms with Crippen molar-refractivity contribution in [3.8, 4) is 11.5 Å². The Bertz CT molecular complexity index is 1470. The Morgan fingerprint density at radius 2 is 1.76 bits per heavy atom. The van der Waals surface area contributed by atoms with Crippen LogP contribution in [0.5, 0.6) is 11.5 Å². The predicted octanol–water partition coefficient (Wildman–Crippen LogP) is 6.98. The van der Waals surface area contributed by atoms with Gasteiger partial charge in [-0.05, 0) is 78.8 Å². The van der Waals surface area contributed by atoms with Crippen molar-refractivity contribution in [2.45, 2.75) is 53.0 Å². The van der Waals surface area contributed by atoms with Gasteiger partial charge in [0.25, 0.3) is 11.7 Å². The number of amides is 1. The molecule has 6 nitrogen and oxygen atoms in total. The molecule has 3 aromatic carbocycles. The Hall–Kier alpha value is -3.77. The summed E-state index contributed by atoms with van der Waals surface area (Å²) < 4.78 is 5.59. The van der Waals surface area contributed by atoms with E-state index in [0.717, 1.165) is 11.1 Å². The van der Waals surface area contributed by atoms with Gasteiger partial charge in [-0.25, -0.2) is 0 Å². The van der Waals surface area contributed by atoms with Crippen LogP contribution in [0.4, 0.5) is 5.69 Å². The number of carbonyl (C=O) groups is 2. The fourth-order valence-corrected chi connectivity index (χ4v) is 4.88. The quantitative estimate of drug-likeness (QED) is 0.210. The number of benzene rings is 3. The Morgan fingerprint density at radius 3 is 2.42 bits per heavy atom. The summed E-state index contributed by atoms with van der Waals surface area (Å²) in [6.45, 7) is 11.9. The van der Waals surface area contributed by atoms with E-state index in [4.69, 9.17) is 16.3 Å². The molecule has 1 heterocycles. The maximum Gasteiger partial charge on any atom is 0.300 e. The number of halogens is 1. The SMILES string of the molecule is CCOc1cc(C2/C(=C(\O)c3cc(C(C)(C)C)ccc3C)C(=O)C(=O)N2c2cccc(Cl)c2C)ccc1O. The maximum atomic E-state index is 13.6. The molecule has 7 heteroatoms. The fourth-order valence-electron chi connectivity index (χ4n) is 4.71. The largest absolute Gasteiger partial charge is 0.507 e. The van der Waals surface area contributed by atoms with E-state index in [0.29, 0.717) is 34.0 Å². The molecular formula is C31H32ClNO5. The van der Waals surface area contributed by atoms with E-state index in [1.807, 2.05) is 25.1 Å². The van der Waals surface area contributed by atoms with Crippen LogP contribution in [0.3, 0.4) is 0 Å². The number of nitrogens with zero attached hydrogens (tertiary/aromatic N) is 1. The van der Waals surface area contributed by atoms with Gasteiger partial charge in [-0.1, -0.05) is 56.6 Å². The summed E-state index contributed by atoms with van der Waals surface area (Å²) in [7, 11) is 0. The van der Waals surface area contributed by atoms with Gasteiger partial charge in [0.05, 0.1) is 18.2 Å². The first-order valence-electron chi connectivity index (χ1n) is 12.5. The van der Waals surface area contributed by atoms with Crippen LogP contribution >= 0.6 is 11.6 Å². The van der Waals surface area contributed by atoms with Crippen molar-refractivity contribution in [2.24, 2.45) is 0 Å². The highest BCUT2D eigenvalue weighted by molar-refractivity contribution is 6.52. The number of anilines is 1. The van der Waals surface area contributed by atoms with Gasteiger partial charge >= 0.3 is 0 Å². The molecule has 0 radical (unpaired) electrons. The molecule has 1 atom stereocenters. The van der Waals surface area contributed by atoms with E-state index >= 15 is 0 Å². The topological polar surface area (TPSA) is 87.1 Å². The first kappa shape index (κ1) is 27.3. The minimum atomic E-state index is -0.982. The van der Waals surface area contributed by atoms with Crippen LogP contribution in [-0.4, -0.2) is 28.5 Å². The van der Waals surface area contributed by atoms with Gasteiger partial charge in [0.2, 0.25) is 0 Å². The highest BCUT2D eigenvalue weighted by atomic mass is 35.5. The summed E-state index contributed by atoms with van der Waals surface area (Å²) in [6, 6.07) is 14.6. The van der Waals surface area contributed by atoms with E-state index in [2.05, 4.69) is 20.8 Å². The normalized spacial score (nSPS) is 17.2. The summed E-state index contributed by atoms with van der Waals surface area (Å²) in [5.74, 6) is -1.70. The van der Waals surface area contributed by atoms with E-state index in [9.17, 15) is 19.8 Å². The van der Waals surface area contributed by atoms with Gasteiger partial charge in [0, 0.05) is 16.3 Å². The van der Waals surface area contributed by atoms with Crippen LogP contribution in [0.25, 0.3) is 5.76 Å². The van der Waals surface area contributed by atoms with Crippen molar-refractivity contribution in [2.75, 3.05) is 11.5 Å². The lowest BCUT2D eigenvalue weighted by Gasteiger charge is -2.28. The standard InChI is InChI=1S/C31H32ClNO5/c1-7-38-25-15-19(12-14-24(25)34)27-26(28(35)21-16-20(31(4,5)6)13-11-17(21)2)29(36)30(37)33(27)23-10-8-9-22(32)18(23)3/h8-16,27,34-35H,7H2,1-6H3/b28-26+. The third-order valence-corrected chi connectivity index (χ3v) is 7.31. The van der Waals surface area contributed by atoms with E-state index in [1.54, 1.807) is 44.2 Å². The molecule has 0 aromatic heterocycles. The van der Waals surface area contributed by atoms with Crippen LogP contribution in [-0.2, 0) is 15.0 Å². The van der Waals surface area contributed by atoms with Gasteiger partial charge in [-0.3, -0.25) is 14.5 Å². The van der Waals surface area contributed by atoms with Crippen molar-refractivity contribution in [3.63, 3.8) is 0 Å². The molecule has 1 unspecified atom stereocenters. The smallest absolute Gasteiger partial charge is 0.300 e. The number of phenolic OH excluding ortho intramolecular Hbond substituents is 1. The first-order chi connectivity index (χ1) is 17.9. The van der Waals surface area contributed by atoms with Crippen LogP contribution in [0.1, 0.15) is 61.6 Å². The van der Waals surface area contributed by atoms with Gasteiger partial charge in [0.15, 0.2) is 11.5 Å². The Morgan fingerprint density at radius 1 is 1.05 bits per heavy atom. The van der Waals surface area contributed by atoms with Crippen molar-refractivity contribution in [1.82, 2.24) is 0 Å². The Balaban J connectivity index is 2.03. The molecule has 3 aromatic rings. The summed E-state index contributed by atoms with van der Waals surface area (Å²) in [4.78, 5) is 28.6. The molecule has 0 bridgehead atoms. The lowest BCUT2D eigenvalue weighted by Crippen LogP contribution is -2.30. The molecule has 1 fully saturated rings. The monoisotopic (exact) mass is 533 g/mol. The zero-order valence-corrected chi connectivity index (χ0v) is 23.2. The number of hydrogen-bond acceptors (Lipinski definition) is 5. The number of ketones is 1. The number of ether oxygens (including phenoxy) is 1. The number of rotatable bonds is 5. The number of aliphatic hydroxyl groups excluding tert-OH is 1. The molecule has 0 aliphatic carbocycles. The van der Waals surface area contributed by atoms with Crippen molar-refractivity contribution >= 4 is 34.7 Å². The number of hydrogen-bond donors (Lipinski definition) is 2. The maximum absolute atomic E-state index is 13.6. The van der Waals surface area contributed by atoms with Crippen LogP contribution in [0.2, 0.25) is 5.02 Å². The molecule has 0 saturated carbocycles. The average molecular weight is 534 g/mol. The molecule has 0 spiro atoms. The van der Waals surface area contributed by atoms with Gasteiger partial charge in [0.1, 0.15) is 5.76 Å². The van der Waals surface area contributed by atoms with E-state index < -0.39 is 17.7 Å². The van der Waals surface area contributed by atoms with E-state index in [-0.39, 0.29) is 28.2 Å². The molecule has 4 rings (SSSR count). The molecule has 1 aliphatic rings. The van der Waals surface area contributed by atoms with Crippen LogP contribution in [0, 0.1) is 13.8 Å². The Labute approximate surface area is 228 Å². The average Bonchev–Trinajstić information content (AvgIpc) is 3.12. The molecule has 2 N–H and O–H groups in total. The van der Waals surface area contributed by atoms with Crippen molar-refractivity contribution in [1.29, 1.82) is 0 Å². The van der Waals surface area contributed by atoms with Crippen LogP contribution in [0.15, 0.2) is 60.2 Å². The molecular weight excluding hydrogens is 502 g/mol. The highest BCUT2D eigenvalue weighted by Crippen LogP contribution is 2.46. The van der Waals surface area contributed by atoms with Gasteiger partial charge in [-0.15, -0.1) is 0 Å². The van der Waals surface area contributed by atoms with Crippen molar-refractivity contribution in [3.05, 3.63) is 93.0 Å². The third-order valence-electron chi connectivity index (χ3n) is 6.90. The van der Waals surface area contributed by atoms with E-state index in [1.165, 1.54) is 11.0 Å². The number of aromatic hydroxyl groups is 1. The molecule has 38 heavy (non-hydrogen) atoms. The zero-order valence-electron chi connectivity index (χ0n) is 22.4.